The molecule has 0 radical (unpaired) electrons. The number of carbonyl (C=O) groups is 3. The van der Waals surface area contributed by atoms with E-state index in [0.717, 1.165) is 30.5 Å². The van der Waals surface area contributed by atoms with Gasteiger partial charge in [0.05, 0.1) is 45.2 Å². The average molecular weight is 1210 g/mol. The second kappa shape index (κ2) is 21.7. The van der Waals surface area contributed by atoms with Crippen LogP contribution in [-0.4, -0.2) is 113 Å². The summed E-state index contributed by atoms with van der Waals surface area (Å²) in [7, 11) is -13.9. The van der Waals surface area contributed by atoms with Gasteiger partial charge in [-0.15, -0.1) is 0 Å². The predicted octanol–water partition coefficient (Wildman–Crippen LogP) is 7.57. The lowest BCUT2D eigenvalue weighted by molar-refractivity contribution is -0.143. The monoisotopic (exact) mass is 1210 g/mol. The summed E-state index contributed by atoms with van der Waals surface area (Å²) in [6.07, 6.45) is -13.7. The molecule has 7 rings (SSSR count). The molecule has 21 nitrogen and oxygen atoms in total. The zero-order valence-electron chi connectivity index (χ0n) is 41.1. The van der Waals surface area contributed by atoms with Crippen LogP contribution in [0.25, 0.3) is 22.0 Å². The number of anilines is 1. The molecule has 3 heterocycles. The number of nitrogens with one attached hydrogen (secondary N) is 2. The number of alkyl carbamates (subject to hydrolysis) is 1. The van der Waals surface area contributed by atoms with Crippen LogP contribution >= 0.6 is 19.4 Å². The van der Waals surface area contributed by atoms with Gasteiger partial charge < -0.3 is 29.9 Å². The first kappa shape index (κ1) is 60.5. The number of carbonyl (C=O) groups excluding carboxylic acids is 3. The highest BCUT2D eigenvalue weighted by atomic mass is 35.5. The van der Waals surface area contributed by atoms with Gasteiger partial charge in [0.2, 0.25) is 22.7 Å². The van der Waals surface area contributed by atoms with Gasteiger partial charge >= 0.3 is 32.4 Å². The van der Waals surface area contributed by atoms with Crippen LogP contribution < -0.4 is 14.9 Å². The predicted molar refractivity (Wildman–Crippen MR) is 255 cm³/mol. The smallest absolute Gasteiger partial charge is 0.447 e. The second-order valence-corrected chi connectivity index (χ2v) is 25.0. The van der Waals surface area contributed by atoms with E-state index in [4.69, 9.17) is 26.1 Å². The van der Waals surface area contributed by atoms with Gasteiger partial charge in [-0.3, -0.25) is 19.1 Å². The van der Waals surface area contributed by atoms with E-state index in [1.165, 1.54) is 26.0 Å². The van der Waals surface area contributed by atoms with E-state index in [1.807, 2.05) is 5.32 Å². The number of hydrogen-bond acceptors (Lipinski definition) is 14. The molecule has 2 aliphatic rings. The number of fused-ring (bicyclic) bond motifs is 4. The molecule has 79 heavy (non-hydrogen) atoms. The number of pyridine rings is 1. The highest BCUT2D eigenvalue weighted by Crippen LogP contribution is 2.68. The fraction of sp³-hybridized carbons (Fsp3) is 0.455. The minimum Gasteiger partial charge on any atom is -0.447 e. The number of aromatic nitrogens is 5. The van der Waals surface area contributed by atoms with E-state index in [2.05, 4.69) is 29.8 Å². The van der Waals surface area contributed by atoms with Gasteiger partial charge in [0.15, 0.2) is 21.3 Å². The van der Waals surface area contributed by atoms with E-state index < -0.39 is 188 Å². The van der Waals surface area contributed by atoms with Crippen LogP contribution in [0.15, 0.2) is 42.5 Å². The Morgan fingerprint density at radius 2 is 1.59 bits per heavy atom. The number of benzene rings is 2. The molecule has 0 aliphatic heterocycles. The molecule has 1 unspecified atom stereocenters. The largest absolute Gasteiger partial charge is 0.472 e. The number of phosphoric ester groups is 1. The molecule has 432 valence electrons. The van der Waals surface area contributed by atoms with Crippen molar-refractivity contribution in [2.75, 3.05) is 36.8 Å². The number of ether oxygens (including phenoxy) is 2. The van der Waals surface area contributed by atoms with Crippen molar-refractivity contribution in [2.24, 2.45) is 5.92 Å². The first-order valence-electron chi connectivity index (χ1n) is 22.8. The third-order valence-corrected chi connectivity index (χ3v) is 16.6. The molecule has 35 heteroatoms. The Morgan fingerprint density at radius 3 is 2.19 bits per heavy atom. The van der Waals surface area contributed by atoms with Gasteiger partial charge in [0, 0.05) is 40.6 Å². The summed E-state index contributed by atoms with van der Waals surface area (Å²) in [5, 5.41) is 10.3. The molecular formula is C44H44ClF10N8O13PS2. The lowest BCUT2D eigenvalue weighted by Crippen LogP contribution is -2.39. The Bertz CT molecular complexity index is 3500. The van der Waals surface area contributed by atoms with Crippen LogP contribution in [0, 0.1) is 17.6 Å². The molecule has 0 saturated heterocycles. The number of aryl methyl sites for hydroxylation is 1. The molecular weight excluding hydrogens is 1170 g/mol. The van der Waals surface area contributed by atoms with Crippen LogP contribution in [0.1, 0.15) is 72.6 Å². The van der Waals surface area contributed by atoms with Crippen LogP contribution in [0.3, 0.4) is 0 Å². The molecule has 0 bridgehead atoms. The average Bonchev–Trinajstić information content (AvgIpc) is 3.62. The van der Waals surface area contributed by atoms with Crippen LogP contribution in [0.4, 0.5) is 59.3 Å². The molecule has 3 atom stereocenters. The minimum atomic E-state index is -5.25. The van der Waals surface area contributed by atoms with E-state index in [-0.39, 0.29) is 49.8 Å². The van der Waals surface area contributed by atoms with Crippen molar-refractivity contribution in [1.29, 1.82) is 0 Å². The number of halogens is 11. The second-order valence-electron chi connectivity index (χ2n) is 18.9. The van der Waals surface area contributed by atoms with Gasteiger partial charge in [-0.25, -0.2) is 44.3 Å². The SMILES string of the molecule is CC(C)(CCc1ccc(-c2ccc(Cl)c3c(N(C(=O)OCCNC(=O)OCOP(=O)(O)O)S(C)(=O)=O)nn(CC(F)(F)F)c23)c([C@H](Cc2cc(F)cc(F)c2)NC(=O)Cn2nc(C(F)(F)F)c3c2C(F)(F)C2C[C@H]32)n1)S(C)(=O)=O. The number of hydrogen-bond donors (Lipinski definition) is 4. The number of phosphoric acid groups is 1. The third-order valence-electron chi connectivity index (χ3n) is 12.6. The standard InChI is InChI=1S/C44H44ClF10N8O13PS2/c1-41(2,78(3,70)71)10-9-24-5-6-25(34(57-24)30(15-21-13-22(46)16-23(47)14-21)58-31(64)18-61-37-32(36(59-61)44(53,54)55)27-17-28(27)43(37,51)52)26-7-8-29(45)33-35(26)62(19-42(48,49)50)60-38(33)63(79(4,72)73)40(66)74-12-11-56-39(65)75-20-76-77(67,68)69/h5-8,13-14,16,27-28,30H,9-12,15,17-20H2,1-4H3,(H,56,65)(H,58,64)(H2,67,68,69)/t27-,28?,30-/m0/s1. The van der Waals surface area contributed by atoms with E-state index >= 15 is 8.78 Å². The normalized spacial score (nSPS) is 16.8. The Morgan fingerprint density at radius 1 is 0.949 bits per heavy atom. The maximum atomic E-state index is 15.6. The molecule has 3 aromatic heterocycles. The summed E-state index contributed by atoms with van der Waals surface area (Å²) < 4.78 is 223. The maximum Gasteiger partial charge on any atom is 0.472 e. The van der Waals surface area contributed by atoms with Crippen molar-refractivity contribution in [3.8, 4) is 11.1 Å². The molecule has 1 saturated carbocycles. The summed E-state index contributed by atoms with van der Waals surface area (Å²) in [5.41, 5.74) is -5.80. The lowest BCUT2D eigenvalue weighted by atomic mass is 9.93. The topological polar surface area (TPSA) is 281 Å². The summed E-state index contributed by atoms with van der Waals surface area (Å²) in [6.45, 7) is -3.46. The summed E-state index contributed by atoms with van der Waals surface area (Å²) in [4.78, 5) is 61.9. The zero-order valence-corrected chi connectivity index (χ0v) is 44.4. The number of amides is 3. The van der Waals surface area contributed by atoms with Crippen LogP contribution in [-0.2, 0) is 81.2 Å². The third kappa shape index (κ3) is 13.7. The van der Waals surface area contributed by atoms with Crippen LogP contribution in [0.5, 0.6) is 0 Å². The molecule has 3 amide bonds. The highest BCUT2D eigenvalue weighted by molar-refractivity contribution is 7.92. The van der Waals surface area contributed by atoms with Crippen molar-refractivity contribution < 1.29 is 103 Å². The summed E-state index contributed by atoms with van der Waals surface area (Å²) in [5.74, 6) is -11.4. The van der Waals surface area contributed by atoms with E-state index in [9.17, 15) is 70.9 Å². The number of sulfone groups is 1. The molecule has 1 fully saturated rings. The van der Waals surface area contributed by atoms with Gasteiger partial charge in [-0.05, 0) is 75.3 Å². The van der Waals surface area contributed by atoms with Gasteiger partial charge in [0.1, 0.15) is 37.0 Å². The summed E-state index contributed by atoms with van der Waals surface area (Å²) in [6, 6.07) is 4.76. The number of rotatable bonds is 20. The van der Waals surface area contributed by atoms with Crippen LogP contribution in [0.2, 0.25) is 5.02 Å². The van der Waals surface area contributed by atoms with Gasteiger partial charge in [0.25, 0.3) is 5.92 Å². The first-order valence-corrected chi connectivity index (χ1v) is 28.5. The quantitative estimate of drug-likeness (QED) is 0.0253. The summed E-state index contributed by atoms with van der Waals surface area (Å²) >= 11 is 6.62. The highest BCUT2D eigenvalue weighted by Gasteiger charge is 2.68. The molecule has 5 aromatic rings. The zero-order chi connectivity index (χ0) is 58.7. The van der Waals surface area contributed by atoms with Crippen molar-refractivity contribution in [3.63, 3.8) is 0 Å². The minimum absolute atomic E-state index is 0.00311. The molecule has 0 spiro atoms. The maximum absolute atomic E-state index is 15.6. The van der Waals surface area contributed by atoms with Crippen molar-refractivity contribution in [3.05, 3.63) is 93.0 Å². The Hall–Kier alpha value is -6.12. The first-order chi connectivity index (χ1) is 36.3. The van der Waals surface area contributed by atoms with Gasteiger partial charge in [-0.1, -0.05) is 23.7 Å². The molecule has 2 aromatic carbocycles. The van der Waals surface area contributed by atoms with Crippen molar-refractivity contribution in [1.82, 2.24) is 35.2 Å². The fourth-order valence-electron chi connectivity index (χ4n) is 8.75. The van der Waals surface area contributed by atoms with E-state index in [1.54, 1.807) is 0 Å². The molecule has 4 N–H and O–H groups in total. The fourth-order valence-corrected chi connectivity index (χ4v) is 10.4. The Labute approximate surface area is 445 Å². The number of alkyl halides is 8. The Balaban J connectivity index is 1.38. The van der Waals surface area contributed by atoms with E-state index in [0.29, 0.717) is 12.3 Å². The lowest BCUT2D eigenvalue weighted by Gasteiger charge is -2.25. The van der Waals surface area contributed by atoms with Gasteiger partial charge in [-0.2, -0.15) is 49.6 Å². The Kier molecular flexibility index (Phi) is 16.7. The van der Waals surface area contributed by atoms with Crippen molar-refractivity contribution in [2.45, 2.75) is 87.6 Å². The number of sulfonamides is 1. The van der Waals surface area contributed by atoms with Crippen molar-refractivity contribution >= 4 is 74.1 Å². The molecule has 2 aliphatic carbocycles. The number of nitrogens with zero attached hydrogens (tertiary/aromatic N) is 6.